The third-order valence-electron chi connectivity index (χ3n) is 6.34. The van der Waals surface area contributed by atoms with Gasteiger partial charge in [-0.2, -0.15) is 0 Å². The van der Waals surface area contributed by atoms with Crippen LogP contribution in [0, 0.1) is 0 Å². The molecule has 152 valence electrons. The molecule has 2 aliphatic rings. The molecule has 1 aromatic heterocycles. The Bertz CT molecular complexity index is 1190. The Hall–Kier alpha value is -3.38. The molecule has 1 amide bonds. The van der Waals surface area contributed by atoms with Crippen molar-refractivity contribution < 1.29 is 14.7 Å². The van der Waals surface area contributed by atoms with Gasteiger partial charge in [-0.15, -0.1) is 0 Å². The zero-order valence-electron chi connectivity index (χ0n) is 16.8. The van der Waals surface area contributed by atoms with Gasteiger partial charge in [0.25, 0.3) is 5.91 Å². The van der Waals surface area contributed by atoms with Crippen molar-refractivity contribution in [1.82, 2.24) is 14.4 Å². The summed E-state index contributed by atoms with van der Waals surface area (Å²) in [5.41, 5.74) is 4.90. The fourth-order valence-electron chi connectivity index (χ4n) is 4.75. The molecule has 2 aliphatic heterocycles. The number of benzene rings is 2. The summed E-state index contributed by atoms with van der Waals surface area (Å²) in [4.78, 5) is 28.6. The Labute approximate surface area is 174 Å². The van der Waals surface area contributed by atoms with E-state index in [4.69, 9.17) is 5.11 Å². The van der Waals surface area contributed by atoms with E-state index in [0.29, 0.717) is 12.1 Å². The Kier molecular flexibility index (Phi) is 4.25. The van der Waals surface area contributed by atoms with Gasteiger partial charge in [0.15, 0.2) is 11.8 Å². The Balaban J connectivity index is 1.63. The van der Waals surface area contributed by atoms with Gasteiger partial charge in [-0.05, 0) is 23.6 Å². The zero-order chi connectivity index (χ0) is 21.0. The highest BCUT2D eigenvalue weighted by molar-refractivity contribution is 5.97. The van der Waals surface area contributed by atoms with Crippen molar-refractivity contribution >= 4 is 22.6 Å². The topological polar surface area (TPSA) is 65.8 Å². The molecule has 5 rings (SSSR count). The number of para-hydroxylation sites is 1. The Morgan fingerprint density at radius 3 is 2.63 bits per heavy atom. The van der Waals surface area contributed by atoms with Crippen LogP contribution in [0.3, 0.4) is 0 Å². The molecule has 3 heterocycles. The van der Waals surface area contributed by atoms with Crippen LogP contribution in [-0.2, 0) is 17.8 Å². The number of hydrogen-bond donors (Lipinski definition) is 1. The lowest BCUT2D eigenvalue weighted by Gasteiger charge is -2.31. The molecule has 1 saturated heterocycles. The lowest BCUT2D eigenvalue weighted by Crippen LogP contribution is -2.33. The zero-order valence-corrected chi connectivity index (χ0v) is 16.8. The predicted molar refractivity (Wildman–Crippen MR) is 114 cm³/mol. The van der Waals surface area contributed by atoms with Crippen molar-refractivity contribution in [3.05, 3.63) is 83.3 Å². The first kappa shape index (κ1) is 18.6. The van der Waals surface area contributed by atoms with Gasteiger partial charge in [0, 0.05) is 36.6 Å². The number of aliphatic hydroxyl groups is 1. The third-order valence-corrected chi connectivity index (χ3v) is 6.34. The maximum Gasteiger partial charge on any atom is 0.256 e. The number of rotatable bonds is 4. The number of nitrogens with zero attached hydrogens (tertiary/aromatic N) is 3. The number of hydrogen-bond acceptors (Lipinski definition) is 4. The molecule has 1 N–H and O–H groups in total. The van der Waals surface area contributed by atoms with Crippen LogP contribution < -0.4 is 0 Å². The summed E-state index contributed by atoms with van der Waals surface area (Å²) in [5.74, 6) is 0.507. The molecule has 1 fully saturated rings. The van der Waals surface area contributed by atoms with Crippen LogP contribution in [0.1, 0.15) is 33.2 Å². The molecule has 6 nitrogen and oxygen atoms in total. The Morgan fingerprint density at radius 1 is 1.17 bits per heavy atom. The van der Waals surface area contributed by atoms with Crippen molar-refractivity contribution in [1.29, 1.82) is 0 Å². The van der Waals surface area contributed by atoms with E-state index in [9.17, 15) is 9.59 Å². The normalized spacial score (nSPS) is 18.1. The van der Waals surface area contributed by atoms with E-state index in [-0.39, 0.29) is 17.7 Å². The van der Waals surface area contributed by atoms with Crippen LogP contribution in [0.5, 0.6) is 0 Å². The summed E-state index contributed by atoms with van der Waals surface area (Å²) in [6, 6.07) is 15.2. The van der Waals surface area contributed by atoms with Crippen molar-refractivity contribution in [3.8, 4) is 0 Å². The highest BCUT2D eigenvalue weighted by Crippen LogP contribution is 2.43. The first-order valence-electron chi connectivity index (χ1n) is 10.1. The molecule has 0 aliphatic carbocycles. The van der Waals surface area contributed by atoms with E-state index in [2.05, 4.69) is 28.2 Å². The maximum atomic E-state index is 13.1. The second-order valence-electron chi connectivity index (χ2n) is 7.90. The van der Waals surface area contributed by atoms with Gasteiger partial charge in [-0.1, -0.05) is 49.0 Å². The minimum atomic E-state index is -0.494. The van der Waals surface area contributed by atoms with Crippen LogP contribution in [0.2, 0.25) is 0 Å². The number of carbonyl (C=O) groups excluding carboxylic acids is 2. The number of fused-ring (bicyclic) bond motifs is 5. The predicted octanol–water partition coefficient (Wildman–Crippen LogP) is 2.71. The minimum Gasteiger partial charge on any atom is -0.388 e. The summed E-state index contributed by atoms with van der Waals surface area (Å²) >= 11 is 0. The first-order chi connectivity index (χ1) is 14.5. The van der Waals surface area contributed by atoms with Crippen molar-refractivity contribution in [2.45, 2.75) is 19.0 Å². The van der Waals surface area contributed by atoms with Gasteiger partial charge < -0.3 is 14.6 Å². The highest BCUT2D eigenvalue weighted by Gasteiger charge is 2.45. The summed E-state index contributed by atoms with van der Waals surface area (Å²) < 4.78 is 2.23. The quantitative estimate of drug-likeness (QED) is 0.683. The lowest BCUT2D eigenvalue weighted by molar-refractivity contribution is -0.128. The molecule has 0 bridgehead atoms. The molecular formula is C24H23N3O3. The van der Waals surface area contributed by atoms with Crippen molar-refractivity contribution in [3.63, 3.8) is 0 Å². The molecule has 1 unspecified atom stereocenters. The molecule has 1 atom stereocenters. The molecular weight excluding hydrogens is 378 g/mol. The fourth-order valence-corrected chi connectivity index (χ4v) is 4.75. The molecule has 0 saturated carbocycles. The van der Waals surface area contributed by atoms with E-state index in [1.165, 1.54) is 10.9 Å². The van der Waals surface area contributed by atoms with Crippen molar-refractivity contribution in [2.75, 3.05) is 20.2 Å². The summed E-state index contributed by atoms with van der Waals surface area (Å²) in [5, 5.41) is 10.3. The molecule has 0 radical (unpaired) electrons. The molecule has 30 heavy (non-hydrogen) atoms. The van der Waals surface area contributed by atoms with Gasteiger partial charge in [-0.3, -0.25) is 14.5 Å². The number of amides is 1. The molecule has 3 aromatic rings. The average molecular weight is 401 g/mol. The van der Waals surface area contributed by atoms with Crippen molar-refractivity contribution in [2.24, 2.45) is 0 Å². The van der Waals surface area contributed by atoms with Gasteiger partial charge in [-0.25, -0.2) is 0 Å². The summed E-state index contributed by atoms with van der Waals surface area (Å²) in [6.07, 6.45) is 0.865. The van der Waals surface area contributed by atoms with Crippen LogP contribution in [0.25, 0.3) is 10.9 Å². The summed E-state index contributed by atoms with van der Waals surface area (Å²) in [6.45, 7) is 4.99. The monoisotopic (exact) mass is 401 g/mol. The number of carbonyl (C=O) groups is 2. The Morgan fingerprint density at radius 2 is 1.90 bits per heavy atom. The van der Waals surface area contributed by atoms with E-state index in [0.717, 1.165) is 35.6 Å². The van der Waals surface area contributed by atoms with E-state index < -0.39 is 6.61 Å². The smallest absolute Gasteiger partial charge is 0.256 e. The van der Waals surface area contributed by atoms with Gasteiger partial charge in [0.1, 0.15) is 12.4 Å². The largest absolute Gasteiger partial charge is 0.388 e. The van der Waals surface area contributed by atoms with Gasteiger partial charge in [0.2, 0.25) is 0 Å². The maximum absolute atomic E-state index is 13.1. The molecule has 6 heteroatoms. The second-order valence-corrected chi connectivity index (χ2v) is 7.90. The van der Waals surface area contributed by atoms with Crippen LogP contribution in [0.15, 0.2) is 60.9 Å². The fraction of sp³-hybridized carbons (Fsp3) is 0.250. The third kappa shape index (κ3) is 2.60. The van der Waals surface area contributed by atoms with E-state index in [1.807, 2.05) is 24.3 Å². The van der Waals surface area contributed by atoms with Crippen LogP contribution in [0.4, 0.5) is 0 Å². The summed E-state index contributed by atoms with van der Waals surface area (Å²) in [7, 11) is 1.78. The minimum absolute atomic E-state index is 0.0499. The number of aliphatic hydroxyl groups excluding tert-OH is 1. The SMILES string of the molecule is C=C1N(C)C(=O)C2c3c(c4ccccc4n3Cc3ccc(C(=O)CO)cc3)CCN12. The number of aromatic nitrogens is 1. The molecule has 0 spiro atoms. The highest BCUT2D eigenvalue weighted by atomic mass is 16.3. The van der Waals surface area contributed by atoms with E-state index in [1.54, 1.807) is 24.1 Å². The van der Waals surface area contributed by atoms with Crippen LogP contribution in [-0.4, -0.2) is 51.4 Å². The number of Topliss-reactive ketones (excluding diaryl/α,β-unsaturated/α-hetero) is 1. The van der Waals surface area contributed by atoms with Crippen LogP contribution >= 0.6 is 0 Å². The first-order valence-corrected chi connectivity index (χ1v) is 10.1. The average Bonchev–Trinajstić information content (AvgIpc) is 3.21. The lowest BCUT2D eigenvalue weighted by atomic mass is 9.98. The van der Waals surface area contributed by atoms with Gasteiger partial charge >= 0.3 is 0 Å². The standard InChI is InChI=1S/C24H23N3O3/c1-15-25(2)24(30)23-22-19(11-12-26(15)23)18-5-3-4-6-20(18)27(22)13-16-7-9-17(10-8-16)21(29)14-28/h3-10,23,28H,1,11-14H2,2H3. The van der Waals surface area contributed by atoms with Gasteiger partial charge in [0.05, 0.1) is 5.69 Å². The number of likely N-dealkylation sites (N-methyl/N-ethyl adjacent to an activating group) is 1. The van der Waals surface area contributed by atoms with E-state index >= 15 is 0 Å². The molecule has 2 aromatic carbocycles. The second kappa shape index (κ2) is 6.85. The number of ketones is 1.